The summed E-state index contributed by atoms with van der Waals surface area (Å²) in [6.07, 6.45) is 0. The van der Waals surface area contributed by atoms with Gasteiger partial charge in [-0.3, -0.25) is 4.79 Å². The van der Waals surface area contributed by atoms with Gasteiger partial charge >= 0.3 is 5.97 Å². The lowest BCUT2D eigenvalue weighted by atomic mass is 10.2. The van der Waals surface area contributed by atoms with Crippen molar-refractivity contribution in [3.63, 3.8) is 0 Å². The maximum atomic E-state index is 12.4. The molecule has 0 aliphatic carbocycles. The highest BCUT2D eigenvalue weighted by Gasteiger charge is 2.20. The van der Waals surface area contributed by atoms with Crippen molar-refractivity contribution in [3.05, 3.63) is 54.1 Å². The first kappa shape index (κ1) is 18.3. The fourth-order valence-corrected chi connectivity index (χ4v) is 2.44. The van der Waals surface area contributed by atoms with Crippen LogP contribution in [0.25, 0.3) is 0 Å². The Morgan fingerprint density at radius 3 is 2.28 bits per heavy atom. The Hall–Kier alpha value is -3.02. The lowest BCUT2D eigenvalue weighted by Gasteiger charge is -2.21. The van der Waals surface area contributed by atoms with Gasteiger partial charge in [-0.25, -0.2) is 4.79 Å². The largest absolute Gasteiger partial charge is 0.493 e. The molecular weight excluding hydrogens is 322 g/mol. The van der Waals surface area contributed by atoms with Crippen LogP contribution in [-0.2, 0) is 9.53 Å². The molecule has 2 aromatic rings. The molecule has 2 aromatic carbocycles. The number of ether oxygens (including phenoxy) is 3. The highest BCUT2D eigenvalue weighted by Crippen LogP contribution is 2.31. The number of rotatable bonds is 7. The van der Waals surface area contributed by atoms with Gasteiger partial charge in [-0.15, -0.1) is 0 Å². The average molecular weight is 343 g/mol. The number of hydrogen-bond acceptors (Lipinski definition) is 5. The predicted octanol–water partition coefficient (Wildman–Crippen LogP) is 2.91. The van der Waals surface area contributed by atoms with Gasteiger partial charge in [0.05, 0.1) is 14.2 Å². The molecule has 0 N–H and O–H groups in total. The summed E-state index contributed by atoms with van der Waals surface area (Å²) in [5.74, 6) is -0.252. The lowest BCUT2D eigenvalue weighted by molar-refractivity contribution is -0.121. The standard InChI is InChI=1S/C19H21NO5/c1-4-20(14-9-6-5-7-10-14)17(21)13-25-19(22)15-11-8-12-16(23-2)18(15)24-3/h5-12H,4,13H2,1-3H3. The van der Waals surface area contributed by atoms with Gasteiger partial charge in [0.25, 0.3) is 5.91 Å². The van der Waals surface area contributed by atoms with E-state index in [1.165, 1.54) is 14.2 Å². The van der Waals surface area contributed by atoms with E-state index in [4.69, 9.17) is 14.2 Å². The summed E-state index contributed by atoms with van der Waals surface area (Å²) in [7, 11) is 2.92. The average Bonchev–Trinajstić information content (AvgIpc) is 2.66. The van der Waals surface area contributed by atoms with Crippen molar-refractivity contribution in [1.29, 1.82) is 0 Å². The van der Waals surface area contributed by atoms with E-state index in [0.717, 1.165) is 5.69 Å². The molecule has 132 valence electrons. The Morgan fingerprint density at radius 1 is 0.960 bits per heavy atom. The van der Waals surface area contributed by atoms with Crippen LogP contribution in [0.3, 0.4) is 0 Å². The number of carbonyl (C=O) groups is 2. The van der Waals surface area contributed by atoms with Gasteiger partial charge in [0.15, 0.2) is 18.1 Å². The highest BCUT2D eigenvalue weighted by molar-refractivity contribution is 5.98. The Labute approximate surface area is 146 Å². The number of benzene rings is 2. The van der Waals surface area contributed by atoms with Crippen molar-refractivity contribution < 1.29 is 23.8 Å². The summed E-state index contributed by atoms with van der Waals surface area (Å²) >= 11 is 0. The van der Waals surface area contributed by atoms with Crippen molar-refractivity contribution >= 4 is 17.6 Å². The van der Waals surface area contributed by atoms with Gasteiger partial charge in [-0.1, -0.05) is 24.3 Å². The quantitative estimate of drug-likeness (QED) is 0.723. The Kier molecular flexibility index (Phi) is 6.39. The fourth-order valence-electron chi connectivity index (χ4n) is 2.44. The minimum atomic E-state index is -0.645. The zero-order valence-corrected chi connectivity index (χ0v) is 14.5. The molecule has 25 heavy (non-hydrogen) atoms. The Bertz CT molecular complexity index is 730. The summed E-state index contributed by atoms with van der Waals surface area (Å²) < 4.78 is 15.5. The number of para-hydroxylation sites is 2. The molecule has 0 saturated carbocycles. The van der Waals surface area contributed by atoms with Gasteiger partial charge in [0, 0.05) is 12.2 Å². The number of carbonyl (C=O) groups excluding carboxylic acids is 2. The van der Waals surface area contributed by atoms with Crippen LogP contribution < -0.4 is 14.4 Å². The van der Waals surface area contributed by atoms with E-state index in [1.807, 2.05) is 37.3 Å². The minimum Gasteiger partial charge on any atom is -0.493 e. The first-order chi connectivity index (χ1) is 12.1. The van der Waals surface area contributed by atoms with E-state index in [-0.39, 0.29) is 23.8 Å². The maximum absolute atomic E-state index is 12.4. The molecule has 2 rings (SSSR count). The van der Waals surface area contributed by atoms with E-state index < -0.39 is 5.97 Å². The molecule has 6 heteroatoms. The molecule has 0 atom stereocenters. The number of anilines is 1. The SMILES string of the molecule is CCN(C(=O)COC(=O)c1cccc(OC)c1OC)c1ccccc1. The summed E-state index contributed by atoms with van der Waals surface area (Å²) in [5, 5.41) is 0. The zero-order valence-electron chi connectivity index (χ0n) is 14.5. The van der Waals surface area contributed by atoms with E-state index in [1.54, 1.807) is 23.1 Å². The molecule has 0 aliphatic heterocycles. The van der Waals surface area contributed by atoms with Gasteiger partial charge < -0.3 is 19.1 Å². The summed E-state index contributed by atoms with van der Waals surface area (Å²) in [6.45, 7) is 1.97. The number of nitrogens with zero attached hydrogens (tertiary/aromatic N) is 1. The van der Waals surface area contributed by atoms with Gasteiger partial charge in [-0.05, 0) is 31.2 Å². The third kappa shape index (κ3) is 4.29. The minimum absolute atomic E-state index is 0.206. The highest BCUT2D eigenvalue weighted by atomic mass is 16.5. The van der Waals surface area contributed by atoms with E-state index in [0.29, 0.717) is 12.3 Å². The number of hydrogen-bond donors (Lipinski definition) is 0. The zero-order chi connectivity index (χ0) is 18.2. The van der Waals surface area contributed by atoms with Crippen molar-refractivity contribution in [2.45, 2.75) is 6.92 Å². The molecule has 0 heterocycles. The molecule has 0 spiro atoms. The molecule has 0 bridgehead atoms. The second-order valence-corrected chi connectivity index (χ2v) is 5.09. The molecule has 0 aliphatic rings. The predicted molar refractivity (Wildman–Crippen MR) is 94.3 cm³/mol. The molecule has 1 amide bonds. The number of methoxy groups -OCH3 is 2. The first-order valence-corrected chi connectivity index (χ1v) is 7.85. The molecule has 6 nitrogen and oxygen atoms in total. The van der Waals surface area contributed by atoms with Crippen molar-refractivity contribution in [3.8, 4) is 11.5 Å². The van der Waals surface area contributed by atoms with Gasteiger partial charge in [0.1, 0.15) is 5.56 Å². The van der Waals surface area contributed by atoms with Crippen molar-refractivity contribution in [2.24, 2.45) is 0 Å². The monoisotopic (exact) mass is 343 g/mol. The number of esters is 1. The summed E-state index contributed by atoms with van der Waals surface area (Å²) in [5.41, 5.74) is 0.961. The summed E-state index contributed by atoms with van der Waals surface area (Å²) in [4.78, 5) is 26.2. The van der Waals surface area contributed by atoms with Crippen LogP contribution in [-0.4, -0.2) is 39.2 Å². The fraction of sp³-hybridized carbons (Fsp3) is 0.263. The van der Waals surface area contributed by atoms with Crippen molar-refractivity contribution in [2.75, 3.05) is 32.3 Å². The van der Waals surface area contributed by atoms with Crippen LogP contribution in [0, 0.1) is 0 Å². The van der Waals surface area contributed by atoms with Crippen LogP contribution in [0.5, 0.6) is 11.5 Å². The smallest absolute Gasteiger partial charge is 0.342 e. The molecule has 0 aromatic heterocycles. The molecule has 0 fully saturated rings. The maximum Gasteiger partial charge on any atom is 0.342 e. The molecule has 0 radical (unpaired) electrons. The molecular formula is C19H21NO5. The number of likely N-dealkylation sites (N-methyl/N-ethyl adjacent to an activating group) is 1. The topological polar surface area (TPSA) is 65.1 Å². The third-order valence-electron chi connectivity index (χ3n) is 3.63. The van der Waals surface area contributed by atoms with E-state index in [9.17, 15) is 9.59 Å². The molecule has 0 saturated heterocycles. The van der Waals surface area contributed by atoms with Crippen molar-refractivity contribution in [1.82, 2.24) is 0 Å². The molecule has 0 unspecified atom stereocenters. The second kappa shape index (κ2) is 8.73. The third-order valence-corrected chi connectivity index (χ3v) is 3.63. The second-order valence-electron chi connectivity index (χ2n) is 5.09. The normalized spacial score (nSPS) is 10.0. The number of amides is 1. The van der Waals surface area contributed by atoms with Crippen LogP contribution in [0.1, 0.15) is 17.3 Å². The van der Waals surface area contributed by atoms with Crippen LogP contribution in [0.2, 0.25) is 0 Å². The Morgan fingerprint density at radius 2 is 1.68 bits per heavy atom. The first-order valence-electron chi connectivity index (χ1n) is 7.85. The van der Waals surface area contributed by atoms with Crippen LogP contribution in [0.4, 0.5) is 5.69 Å². The van der Waals surface area contributed by atoms with E-state index >= 15 is 0 Å². The van der Waals surface area contributed by atoms with Crippen LogP contribution in [0.15, 0.2) is 48.5 Å². The summed E-state index contributed by atoms with van der Waals surface area (Å²) in [6, 6.07) is 14.1. The lowest BCUT2D eigenvalue weighted by Crippen LogP contribution is -2.34. The van der Waals surface area contributed by atoms with Gasteiger partial charge in [0.2, 0.25) is 0 Å². The van der Waals surface area contributed by atoms with E-state index in [2.05, 4.69) is 0 Å². The Balaban J connectivity index is 2.08. The van der Waals surface area contributed by atoms with Crippen LogP contribution >= 0.6 is 0 Å². The van der Waals surface area contributed by atoms with Gasteiger partial charge in [-0.2, -0.15) is 0 Å².